The van der Waals surface area contributed by atoms with Crippen LogP contribution in [0.2, 0.25) is 0 Å². The Morgan fingerprint density at radius 2 is 2.05 bits per heavy atom. The zero-order valence-corrected chi connectivity index (χ0v) is 12.1. The second-order valence-electron chi connectivity index (χ2n) is 4.04. The van der Waals surface area contributed by atoms with Gasteiger partial charge in [-0.05, 0) is 13.0 Å². The van der Waals surface area contributed by atoms with E-state index in [2.05, 4.69) is 15.5 Å². The molecule has 0 aliphatic heterocycles. The highest BCUT2D eigenvalue weighted by molar-refractivity contribution is 7.89. The molecule has 0 saturated carbocycles. The molecule has 0 saturated heterocycles. The number of nitro benzene ring substituents is 1. The Hall–Kier alpha value is -2.24. The summed E-state index contributed by atoms with van der Waals surface area (Å²) >= 11 is 0. The van der Waals surface area contributed by atoms with Gasteiger partial charge in [-0.15, -0.1) is 0 Å². The van der Waals surface area contributed by atoms with E-state index in [9.17, 15) is 23.3 Å². The molecule has 10 nitrogen and oxygen atoms in total. The van der Waals surface area contributed by atoms with Gasteiger partial charge in [0.05, 0.1) is 16.7 Å². The van der Waals surface area contributed by atoms with Crippen molar-refractivity contribution in [2.75, 3.05) is 12.5 Å². The van der Waals surface area contributed by atoms with Crippen molar-refractivity contribution in [2.24, 2.45) is 5.84 Å². The van der Waals surface area contributed by atoms with Gasteiger partial charge < -0.3 is 10.7 Å². The van der Waals surface area contributed by atoms with Crippen molar-refractivity contribution >= 4 is 27.3 Å². The number of carbonyl (C=O) groups is 1. The van der Waals surface area contributed by atoms with Crippen LogP contribution in [0.1, 0.15) is 6.92 Å². The molecule has 0 aliphatic rings. The van der Waals surface area contributed by atoms with Crippen LogP contribution in [0.25, 0.3) is 0 Å². The van der Waals surface area contributed by atoms with Gasteiger partial charge in [-0.25, -0.2) is 8.42 Å². The molecule has 1 unspecified atom stereocenters. The number of nitrogens with zero attached hydrogens (tertiary/aromatic N) is 1. The minimum absolute atomic E-state index is 0.0304. The average Bonchev–Trinajstić information content (AvgIpc) is 2.44. The van der Waals surface area contributed by atoms with Gasteiger partial charge in [-0.3, -0.25) is 20.8 Å². The Labute approximate surface area is 120 Å². The van der Waals surface area contributed by atoms with E-state index in [0.717, 1.165) is 18.2 Å². The number of hydrogen-bond acceptors (Lipinski definition) is 7. The van der Waals surface area contributed by atoms with E-state index in [-0.39, 0.29) is 5.69 Å². The van der Waals surface area contributed by atoms with Gasteiger partial charge in [-0.2, -0.15) is 4.72 Å². The predicted octanol–water partition coefficient (Wildman–Crippen LogP) is -0.707. The zero-order chi connectivity index (χ0) is 16.2. The standard InChI is InChI=1S/C10H15N5O5S/c1-6(10(16)12-2)14-21(19,20)9-5-7(15(17)18)3-4-8(9)13-11/h3-6,13-14H,11H2,1-2H3,(H,12,16). The Balaban J connectivity index is 3.26. The van der Waals surface area contributed by atoms with Crippen LogP contribution in [0.4, 0.5) is 11.4 Å². The van der Waals surface area contributed by atoms with E-state index >= 15 is 0 Å². The Morgan fingerprint density at radius 1 is 1.43 bits per heavy atom. The van der Waals surface area contributed by atoms with Crippen LogP contribution in [0.15, 0.2) is 23.1 Å². The van der Waals surface area contributed by atoms with Crippen molar-refractivity contribution in [1.29, 1.82) is 0 Å². The molecule has 1 aromatic carbocycles. The third-order valence-corrected chi connectivity index (χ3v) is 4.17. The molecular formula is C10H15N5O5S. The van der Waals surface area contributed by atoms with Gasteiger partial charge in [-0.1, -0.05) is 0 Å². The molecule has 21 heavy (non-hydrogen) atoms. The summed E-state index contributed by atoms with van der Waals surface area (Å²) in [6, 6.07) is 2.08. The molecular weight excluding hydrogens is 302 g/mol. The van der Waals surface area contributed by atoms with Gasteiger partial charge in [0, 0.05) is 19.2 Å². The first-order valence-corrected chi connectivity index (χ1v) is 7.20. The number of hydrogen-bond donors (Lipinski definition) is 4. The number of nitrogen functional groups attached to an aromatic ring is 1. The third-order valence-electron chi connectivity index (χ3n) is 2.59. The van der Waals surface area contributed by atoms with Crippen molar-refractivity contribution in [1.82, 2.24) is 10.0 Å². The maximum absolute atomic E-state index is 12.2. The predicted molar refractivity (Wildman–Crippen MR) is 74.8 cm³/mol. The van der Waals surface area contributed by atoms with Crippen LogP contribution in [-0.4, -0.2) is 32.3 Å². The van der Waals surface area contributed by atoms with Gasteiger partial charge in [0.1, 0.15) is 4.90 Å². The highest BCUT2D eigenvalue weighted by Crippen LogP contribution is 2.25. The number of likely N-dealkylation sites (N-methyl/N-ethyl adjacent to an activating group) is 1. The SMILES string of the molecule is CNC(=O)C(C)NS(=O)(=O)c1cc([N+](=O)[O-])ccc1NN. The highest BCUT2D eigenvalue weighted by Gasteiger charge is 2.26. The van der Waals surface area contributed by atoms with E-state index in [4.69, 9.17) is 5.84 Å². The summed E-state index contributed by atoms with van der Waals surface area (Å²) in [5, 5.41) is 13.0. The first-order chi connectivity index (χ1) is 9.72. The van der Waals surface area contributed by atoms with Gasteiger partial charge in [0.25, 0.3) is 5.69 Å². The molecule has 0 aromatic heterocycles. The van der Waals surface area contributed by atoms with Crippen LogP contribution in [0, 0.1) is 10.1 Å². The topological polar surface area (TPSA) is 156 Å². The van der Waals surface area contributed by atoms with Crippen molar-refractivity contribution in [3.8, 4) is 0 Å². The maximum Gasteiger partial charge on any atom is 0.270 e. The highest BCUT2D eigenvalue weighted by atomic mass is 32.2. The monoisotopic (exact) mass is 317 g/mol. The summed E-state index contributed by atoms with van der Waals surface area (Å²) in [6.07, 6.45) is 0. The van der Waals surface area contributed by atoms with Crippen LogP contribution >= 0.6 is 0 Å². The number of rotatable bonds is 6. The number of anilines is 1. The van der Waals surface area contributed by atoms with E-state index in [1.165, 1.54) is 14.0 Å². The number of amides is 1. The van der Waals surface area contributed by atoms with Gasteiger partial charge in [0.2, 0.25) is 15.9 Å². The molecule has 0 fully saturated rings. The molecule has 1 atom stereocenters. The van der Waals surface area contributed by atoms with E-state index in [1.54, 1.807) is 0 Å². The molecule has 1 amide bonds. The van der Waals surface area contributed by atoms with Crippen molar-refractivity contribution in [2.45, 2.75) is 17.9 Å². The van der Waals surface area contributed by atoms with Crippen molar-refractivity contribution in [3.63, 3.8) is 0 Å². The van der Waals surface area contributed by atoms with E-state index < -0.39 is 37.5 Å². The molecule has 1 aromatic rings. The maximum atomic E-state index is 12.2. The summed E-state index contributed by atoms with van der Waals surface area (Å²) in [4.78, 5) is 20.9. The molecule has 116 valence electrons. The fraction of sp³-hybridized carbons (Fsp3) is 0.300. The lowest BCUT2D eigenvalue weighted by Gasteiger charge is -2.14. The summed E-state index contributed by atoms with van der Waals surface area (Å²) in [5.74, 6) is 4.65. The van der Waals surface area contributed by atoms with Crippen molar-refractivity contribution in [3.05, 3.63) is 28.3 Å². The second-order valence-corrected chi connectivity index (χ2v) is 5.72. The number of hydrazine groups is 1. The number of sulfonamides is 1. The van der Waals surface area contributed by atoms with E-state index in [0.29, 0.717) is 0 Å². The van der Waals surface area contributed by atoms with Gasteiger partial charge in [0.15, 0.2) is 0 Å². The van der Waals surface area contributed by atoms with Crippen LogP contribution in [-0.2, 0) is 14.8 Å². The molecule has 0 radical (unpaired) electrons. The number of carbonyl (C=O) groups excluding carboxylic acids is 1. The number of non-ortho nitro benzene ring substituents is 1. The molecule has 11 heteroatoms. The summed E-state index contributed by atoms with van der Waals surface area (Å²) in [5.41, 5.74) is 1.70. The Morgan fingerprint density at radius 3 is 2.52 bits per heavy atom. The number of nitrogens with one attached hydrogen (secondary N) is 3. The first-order valence-electron chi connectivity index (χ1n) is 5.72. The second kappa shape index (κ2) is 6.47. The zero-order valence-electron chi connectivity index (χ0n) is 11.3. The largest absolute Gasteiger partial charge is 0.358 e. The minimum Gasteiger partial charge on any atom is -0.358 e. The first kappa shape index (κ1) is 16.8. The quantitative estimate of drug-likeness (QED) is 0.307. The summed E-state index contributed by atoms with van der Waals surface area (Å²) in [7, 11) is -2.82. The minimum atomic E-state index is -4.17. The molecule has 1 rings (SSSR count). The van der Waals surface area contributed by atoms with Crippen LogP contribution < -0.4 is 21.3 Å². The van der Waals surface area contributed by atoms with Gasteiger partial charge >= 0.3 is 0 Å². The lowest BCUT2D eigenvalue weighted by molar-refractivity contribution is -0.385. The molecule has 5 N–H and O–H groups in total. The smallest absolute Gasteiger partial charge is 0.270 e. The van der Waals surface area contributed by atoms with E-state index in [1.807, 2.05) is 0 Å². The van der Waals surface area contributed by atoms with Crippen LogP contribution in [0.3, 0.4) is 0 Å². The fourth-order valence-electron chi connectivity index (χ4n) is 1.53. The Kier molecular flexibility index (Phi) is 5.18. The average molecular weight is 317 g/mol. The number of nitro groups is 1. The Bertz CT molecular complexity index is 660. The summed E-state index contributed by atoms with van der Waals surface area (Å²) in [6.45, 7) is 1.34. The summed E-state index contributed by atoms with van der Waals surface area (Å²) < 4.78 is 26.5. The number of nitrogens with two attached hydrogens (primary N) is 1. The molecule has 0 heterocycles. The fourth-order valence-corrected chi connectivity index (χ4v) is 2.92. The van der Waals surface area contributed by atoms with Crippen molar-refractivity contribution < 1.29 is 18.1 Å². The molecule has 0 spiro atoms. The number of benzene rings is 1. The third kappa shape index (κ3) is 3.87. The lowest BCUT2D eigenvalue weighted by Crippen LogP contribution is -2.43. The normalized spacial score (nSPS) is 12.5. The molecule has 0 aliphatic carbocycles. The molecule has 0 bridgehead atoms. The van der Waals surface area contributed by atoms with Crippen LogP contribution in [0.5, 0.6) is 0 Å². The lowest BCUT2D eigenvalue weighted by atomic mass is 10.3.